The van der Waals surface area contributed by atoms with Crippen LogP contribution in [0.25, 0.3) is 0 Å². The number of nitrogens with zero attached hydrogens (tertiary/aromatic N) is 1. The van der Waals surface area contributed by atoms with E-state index in [4.69, 9.17) is 10.00 Å². The summed E-state index contributed by atoms with van der Waals surface area (Å²) >= 11 is 0. The highest BCUT2D eigenvalue weighted by atomic mass is 16.5. The molecule has 0 N–H and O–H groups in total. The molecule has 0 saturated heterocycles. The average molecular weight is 193 g/mol. The zero-order chi connectivity index (χ0) is 11.0. The van der Waals surface area contributed by atoms with Gasteiger partial charge in [-0.05, 0) is 25.3 Å². The van der Waals surface area contributed by atoms with Gasteiger partial charge in [-0.25, -0.2) is 0 Å². The van der Waals surface area contributed by atoms with Gasteiger partial charge in [-0.15, -0.1) is 0 Å². The molecule has 2 heteroatoms. The van der Waals surface area contributed by atoms with Crippen molar-refractivity contribution in [1.29, 1.82) is 5.26 Å². The number of hydrogen-bond donors (Lipinski definition) is 0. The van der Waals surface area contributed by atoms with E-state index in [0.717, 1.165) is 24.8 Å². The SMILES string of the molecule is C=C(OCC)/C(C#N)=C(\CC)CCC. The van der Waals surface area contributed by atoms with E-state index in [1.807, 2.05) is 6.92 Å². The first-order chi connectivity index (χ1) is 6.71. The largest absolute Gasteiger partial charge is 0.493 e. The standard InChI is InChI=1S/C12H19NO/c1-5-8-11(6-2)12(9-13)10(4)14-7-3/h4-8H2,1-3H3/b12-11+. The van der Waals surface area contributed by atoms with E-state index in [2.05, 4.69) is 26.5 Å². The fourth-order valence-corrected chi connectivity index (χ4v) is 1.37. The average Bonchev–Trinajstić information content (AvgIpc) is 2.18. The van der Waals surface area contributed by atoms with Gasteiger partial charge in [0.2, 0.25) is 0 Å². The maximum atomic E-state index is 9.00. The number of hydrogen-bond acceptors (Lipinski definition) is 2. The Morgan fingerprint density at radius 2 is 2.00 bits per heavy atom. The van der Waals surface area contributed by atoms with Crippen molar-refractivity contribution in [3.8, 4) is 6.07 Å². The maximum Gasteiger partial charge on any atom is 0.129 e. The first-order valence-corrected chi connectivity index (χ1v) is 5.15. The van der Waals surface area contributed by atoms with Gasteiger partial charge in [0.25, 0.3) is 0 Å². The van der Waals surface area contributed by atoms with Crippen molar-refractivity contribution >= 4 is 0 Å². The molecule has 14 heavy (non-hydrogen) atoms. The van der Waals surface area contributed by atoms with Crippen LogP contribution in [0, 0.1) is 11.3 Å². The zero-order valence-electron chi connectivity index (χ0n) is 9.39. The Balaban J connectivity index is 4.80. The molecule has 0 unspecified atom stereocenters. The Morgan fingerprint density at radius 1 is 1.36 bits per heavy atom. The van der Waals surface area contributed by atoms with Gasteiger partial charge < -0.3 is 4.74 Å². The summed E-state index contributed by atoms with van der Waals surface area (Å²) in [6, 6.07) is 2.18. The normalized spacial score (nSPS) is 11.6. The zero-order valence-corrected chi connectivity index (χ0v) is 9.39. The van der Waals surface area contributed by atoms with Crippen LogP contribution < -0.4 is 0 Å². The molecule has 78 valence electrons. The van der Waals surface area contributed by atoms with E-state index in [-0.39, 0.29) is 0 Å². The van der Waals surface area contributed by atoms with Crippen molar-refractivity contribution in [1.82, 2.24) is 0 Å². The molecule has 0 spiro atoms. The van der Waals surface area contributed by atoms with Crippen LogP contribution in [-0.2, 0) is 4.74 Å². The second-order valence-corrected chi connectivity index (χ2v) is 3.05. The Bertz CT molecular complexity index is 258. The van der Waals surface area contributed by atoms with Crippen molar-refractivity contribution in [2.45, 2.75) is 40.0 Å². The molecule has 0 aliphatic rings. The maximum absolute atomic E-state index is 9.00. The van der Waals surface area contributed by atoms with Crippen LogP contribution in [-0.4, -0.2) is 6.61 Å². The molecule has 0 amide bonds. The Morgan fingerprint density at radius 3 is 2.36 bits per heavy atom. The third kappa shape index (κ3) is 3.66. The highest BCUT2D eigenvalue weighted by molar-refractivity contribution is 5.41. The summed E-state index contributed by atoms with van der Waals surface area (Å²) in [6.07, 6.45) is 2.89. The minimum atomic E-state index is 0.514. The molecule has 0 rings (SSSR count). The summed E-state index contributed by atoms with van der Waals surface area (Å²) in [7, 11) is 0. The Labute approximate surface area is 86.9 Å². The van der Waals surface area contributed by atoms with Crippen molar-refractivity contribution < 1.29 is 4.74 Å². The summed E-state index contributed by atoms with van der Waals surface area (Å²) in [5, 5.41) is 9.00. The summed E-state index contributed by atoms with van der Waals surface area (Å²) in [5.74, 6) is 0.514. The monoisotopic (exact) mass is 193 g/mol. The van der Waals surface area contributed by atoms with E-state index in [0.29, 0.717) is 17.9 Å². The van der Waals surface area contributed by atoms with Crippen LogP contribution in [0.1, 0.15) is 40.0 Å². The molecule has 0 aromatic heterocycles. The van der Waals surface area contributed by atoms with Crippen LogP contribution in [0.15, 0.2) is 23.5 Å². The van der Waals surface area contributed by atoms with E-state index in [9.17, 15) is 0 Å². The number of nitriles is 1. The summed E-state index contributed by atoms with van der Waals surface area (Å²) in [5.41, 5.74) is 1.78. The molecule has 0 aliphatic heterocycles. The van der Waals surface area contributed by atoms with Crippen molar-refractivity contribution in [3.63, 3.8) is 0 Å². The molecule has 0 fully saturated rings. The lowest BCUT2D eigenvalue weighted by atomic mass is 10.0. The lowest BCUT2D eigenvalue weighted by Crippen LogP contribution is -1.97. The summed E-state index contributed by atoms with van der Waals surface area (Å²) in [4.78, 5) is 0. The van der Waals surface area contributed by atoms with Crippen LogP contribution in [0.3, 0.4) is 0 Å². The smallest absolute Gasteiger partial charge is 0.129 e. The first kappa shape index (κ1) is 12.8. The third-order valence-corrected chi connectivity index (χ3v) is 2.04. The van der Waals surface area contributed by atoms with Crippen molar-refractivity contribution in [3.05, 3.63) is 23.5 Å². The van der Waals surface area contributed by atoms with Gasteiger partial charge in [-0.1, -0.05) is 26.8 Å². The van der Waals surface area contributed by atoms with Crippen LogP contribution in [0.4, 0.5) is 0 Å². The fraction of sp³-hybridized carbons (Fsp3) is 0.583. The summed E-state index contributed by atoms with van der Waals surface area (Å²) in [6.45, 7) is 10.4. The number of allylic oxidation sites excluding steroid dienone is 2. The van der Waals surface area contributed by atoms with Gasteiger partial charge >= 0.3 is 0 Å². The highest BCUT2D eigenvalue weighted by Crippen LogP contribution is 2.20. The minimum Gasteiger partial charge on any atom is -0.493 e. The second kappa shape index (κ2) is 7.20. The molecular weight excluding hydrogens is 174 g/mol. The summed E-state index contributed by atoms with van der Waals surface area (Å²) < 4.78 is 5.25. The van der Waals surface area contributed by atoms with Gasteiger partial charge in [0, 0.05) is 0 Å². The van der Waals surface area contributed by atoms with Gasteiger partial charge in [-0.3, -0.25) is 0 Å². The predicted octanol–water partition coefficient (Wildman–Crippen LogP) is 3.57. The highest BCUT2D eigenvalue weighted by Gasteiger charge is 2.08. The molecule has 0 heterocycles. The van der Waals surface area contributed by atoms with E-state index in [1.165, 1.54) is 0 Å². The second-order valence-electron chi connectivity index (χ2n) is 3.05. The molecule has 0 aromatic rings. The van der Waals surface area contributed by atoms with E-state index >= 15 is 0 Å². The van der Waals surface area contributed by atoms with Gasteiger partial charge in [0.05, 0.1) is 12.2 Å². The molecular formula is C12H19NO. The number of rotatable bonds is 6. The Hall–Kier alpha value is -1.23. The van der Waals surface area contributed by atoms with Crippen LogP contribution >= 0.6 is 0 Å². The molecule has 0 aromatic carbocycles. The Kier molecular flexibility index (Phi) is 6.57. The molecule has 0 radical (unpaired) electrons. The predicted molar refractivity (Wildman–Crippen MR) is 58.6 cm³/mol. The quantitative estimate of drug-likeness (QED) is 0.367. The first-order valence-electron chi connectivity index (χ1n) is 5.15. The lowest BCUT2D eigenvalue weighted by Gasteiger charge is -2.10. The van der Waals surface area contributed by atoms with Crippen LogP contribution in [0.2, 0.25) is 0 Å². The molecule has 0 bridgehead atoms. The third-order valence-electron chi connectivity index (χ3n) is 2.04. The lowest BCUT2D eigenvalue weighted by molar-refractivity contribution is 0.240. The van der Waals surface area contributed by atoms with Gasteiger partial charge in [0.15, 0.2) is 0 Å². The van der Waals surface area contributed by atoms with Gasteiger partial charge in [-0.2, -0.15) is 5.26 Å². The number of ether oxygens (including phenoxy) is 1. The van der Waals surface area contributed by atoms with Gasteiger partial charge in [0.1, 0.15) is 11.8 Å². The fourth-order valence-electron chi connectivity index (χ4n) is 1.37. The molecule has 0 atom stereocenters. The van der Waals surface area contributed by atoms with Crippen LogP contribution in [0.5, 0.6) is 0 Å². The van der Waals surface area contributed by atoms with Crippen molar-refractivity contribution in [2.75, 3.05) is 6.61 Å². The van der Waals surface area contributed by atoms with E-state index in [1.54, 1.807) is 0 Å². The minimum absolute atomic E-state index is 0.514. The molecule has 0 saturated carbocycles. The van der Waals surface area contributed by atoms with E-state index < -0.39 is 0 Å². The molecule has 2 nitrogen and oxygen atoms in total. The molecule has 0 aliphatic carbocycles. The topological polar surface area (TPSA) is 33.0 Å². The van der Waals surface area contributed by atoms with Crippen molar-refractivity contribution in [2.24, 2.45) is 0 Å².